The van der Waals surface area contributed by atoms with Crippen molar-refractivity contribution in [3.05, 3.63) is 52.1 Å². The Kier molecular flexibility index (Phi) is 2.50. The van der Waals surface area contributed by atoms with Crippen LogP contribution in [0.5, 0.6) is 0 Å². The van der Waals surface area contributed by atoms with Crippen molar-refractivity contribution in [1.29, 1.82) is 5.26 Å². The first-order chi connectivity index (χ1) is 11.0. The second kappa shape index (κ2) is 4.23. The molecule has 1 atom stereocenters. The number of carbonyl (C=O) groups excluding carboxylic acids is 2. The third kappa shape index (κ3) is 1.46. The average Bonchev–Trinajstić information content (AvgIpc) is 3.00. The first-order valence-electron chi connectivity index (χ1n) is 7.27. The number of benzene rings is 1. The molecule has 1 amide bonds. The molecule has 114 valence electrons. The van der Waals surface area contributed by atoms with Crippen LogP contribution in [0.2, 0.25) is 0 Å². The molecule has 3 aliphatic rings. The summed E-state index contributed by atoms with van der Waals surface area (Å²) in [7, 11) is 0. The number of rotatable bonds is 0. The van der Waals surface area contributed by atoms with Gasteiger partial charge in [0, 0.05) is 24.1 Å². The molecular weight excluding hydrogens is 294 g/mol. The van der Waals surface area contributed by atoms with Crippen LogP contribution in [0.15, 0.2) is 41.0 Å². The maximum atomic E-state index is 12.9. The van der Waals surface area contributed by atoms with Gasteiger partial charge in [-0.1, -0.05) is 17.7 Å². The molecule has 4 rings (SSSR count). The molecule has 0 saturated carbocycles. The summed E-state index contributed by atoms with van der Waals surface area (Å²) < 4.78 is 5.48. The number of nitrogens with two attached hydrogens (primary N) is 1. The van der Waals surface area contributed by atoms with E-state index in [0.29, 0.717) is 23.4 Å². The Labute approximate surface area is 132 Å². The van der Waals surface area contributed by atoms with E-state index in [2.05, 4.69) is 5.32 Å². The topological polar surface area (TPSA) is 105 Å². The van der Waals surface area contributed by atoms with Gasteiger partial charge < -0.3 is 15.8 Å². The highest BCUT2D eigenvalue weighted by molar-refractivity contribution is 6.19. The van der Waals surface area contributed by atoms with E-state index in [-0.39, 0.29) is 29.2 Å². The molecule has 0 saturated heterocycles. The fourth-order valence-electron chi connectivity index (χ4n) is 3.70. The lowest BCUT2D eigenvalue weighted by Crippen LogP contribution is -2.44. The minimum atomic E-state index is -1.48. The number of ketones is 1. The predicted octanol–water partition coefficient (Wildman–Crippen LogP) is 1.53. The molecule has 0 fully saturated rings. The molecule has 2 aliphatic heterocycles. The van der Waals surface area contributed by atoms with Gasteiger partial charge in [-0.2, -0.15) is 5.26 Å². The van der Waals surface area contributed by atoms with Crippen molar-refractivity contribution in [3.63, 3.8) is 0 Å². The molecule has 3 N–H and O–H groups in total. The van der Waals surface area contributed by atoms with E-state index in [1.807, 2.05) is 25.1 Å². The van der Waals surface area contributed by atoms with Crippen LogP contribution in [0.3, 0.4) is 0 Å². The highest BCUT2D eigenvalue weighted by Gasteiger charge is 2.60. The highest BCUT2D eigenvalue weighted by atomic mass is 16.5. The molecule has 0 bridgehead atoms. The summed E-state index contributed by atoms with van der Waals surface area (Å²) in [5.74, 6) is -0.310. The maximum absolute atomic E-state index is 12.9. The largest absolute Gasteiger partial charge is 0.444 e. The van der Waals surface area contributed by atoms with Crippen LogP contribution in [0.4, 0.5) is 5.69 Å². The molecule has 1 aliphatic carbocycles. The number of fused-ring (bicyclic) bond motifs is 3. The van der Waals surface area contributed by atoms with Crippen molar-refractivity contribution in [2.45, 2.75) is 25.2 Å². The summed E-state index contributed by atoms with van der Waals surface area (Å²) in [5, 5.41) is 12.4. The Morgan fingerprint density at radius 1 is 1.35 bits per heavy atom. The summed E-state index contributed by atoms with van der Waals surface area (Å²) in [6.45, 7) is 1.89. The smallest absolute Gasteiger partial charge is 0.245 e. The van der Waals surface area contributed by atoms with Gasteiger partial charge in [-0.05, 0) is 13.0 Å². The molecule has 0 radical (unpaired) electrons. The quantitative estimate of drug-likeness (QED) is 0.756. The van der Waals surface area contributed by atoms with Crippen molar-refractivity contribution in [2.24, 2.45) is 5.73 Å². The zero-order chi connectivity index (χ0) is 16.4. The molecule has 2 heterocycles. The van der Waals surface area contributed by atoms with Gasteiger partial charge in [0.2, 0.25) is 11.8 Å². The Balaban J connectivity index is 2.14. The fourth-order valence-corrected chi connectivity index (χ4v) is 3.70. The number of nitrogens with one attached hydrogen (secondary N) is 1. The van der Waals surface area contributed by atoms with Gasteiger partial charge in [0.05, 0.1) is 5.57 Å². The minimum Gasteiger partial charge on any atom is -0.444 e. The monoisotopic (exact) mass is 307 g/mol. The Morgan fingerprint density at radius 3 is 2.87 bits per heavy atom. The lowest BCUT2D eigenvalue weighted by atomic mass is 9.68. The first kappa shape index (κ1) is 13.6. The van der Waals surface area contributed by atoms with Crippen LogP contribution in [-0.2, 0) is 19.7 Å². The molecule has 1 aromatic rings. The number of aryl methyl sites for hydroxylation is 1. The summed E-state index contributed by atoms with van der Waals surface area (Å²) in [4.78, 5) is 25.4. The lowest BCUT2D eigenvalue weighted by molar-refractivity contribution is -0.122. The Hall–Kier alpha value is -3.07. The number of amides is 1. The number of ether oxygens (including phenoxy) is 1. The Morgan fingerprint density at radius 2 is 2.13 bits per heavy atom. The zero-order valence-corrected chi connectivity index (χ0v) is 12.4. The molecular formula is C17H13N3O3. The summed E-state index contributed by atoms with van der Waals surface area (Å²) in [5.41, 5.74) is 6.77. The van der Waals surface area contributed by atoms with Gasteiger partial charge in [-0.25, -0.2) is 0 Å². The van der Waals surface area contributed by atoms with Crippen molar-refractivity contribution >= 4 is 17.4 Å². The van der Waals surface area contributed by atoms with Crippen molar-refractivity contribution < 1.29 is 14.3 Å². The standard InChI is InChI=1S/C17H13N3O3/c1-8-2-3-11-9(6-8)17(16(22)20-11)10(7-18)15(19)23-13-5-4-12(21)14(13)17/h2-3,6H,4-5,19H2,1H3,(H,20,22). The van der Waals surface area contributed by atoms with Crippen LogP contribution in [-0.4, -0.2) is 11.7 Å². The van der Waals surface area contributed by atoms with Gasteiger partial charge in [-0.3, -0.25) is 9.59 Å². The zero-order valence-electron chi connectivity index (χ0n) is 12.4. The number of hydrogen-bond acceptors (Lipinski definition) is 5. The summed E-state index contributed by atoms with van der Waals surface area (Å²) >= 11 is 0. The number of Topliss-reactive ketones (excluding diaryl/α,β-unsaturated/α-hetero) is 1. The average molecular weight is 307 g/mol. The lowest BCUT2D eigenvalue weighted by Gasteiger charge is -2.32. The second-order valence-electron chi connectivity index (χ2n) is 5.93. The van der Waals surface area contributed by atoms with Crippen LogP contribution in [0.1, 0.15) is 24.0 Å². The minimum absolute atomic E-state index is 0.0200. The molecule has 1 unspecified atom stereocenters. The normalized spacial score (nSPS) is 25.2. The highest BCUT2D eigenvalue weighted by Crippen LogP contribution is 2.54. The van der Waals surface area contributed by atoms with E-state index < -0.39 is 11.3 Å². The van der Waals surface area contributed by atoms with Gasteiger partial charge in [0.25, 0.3) is 0 Å². The number of nitriles is 1. The van der Waals surface area contributed by atoms with E-state index in [4.69, 9.17) is 10.5 Å². The van der Waals surface area contributed by atoms with Crippen molar-refractivity contribution in [2.75, 3.05) is 5.32 Å². The fraction of sp³-hybridized carbons (Fsp3) is 0.235. The summed E-state index contributed by atoms with van der Waals surface area (Å²) in [6, 6.07) is 7.45. The Bertz CT molecular complexity index is 904. The van der Waals surface area contributed by atoms with E-state index >= 15 is 0 Å². The van der Waals surface area contributed by atoms with Crippen molar-refractivity contribution in [1.82, 2.24) is 0 Å². The van der Waals surface area contributed by atoms with Crippen LogP contribution >= 0.6 is 0 Å². The van der Waals surface area contributed by atoms with Gasteiger partial charge in [0.1, 0.15) is 22.8 Å². The van der Waals surface area contributed by atoms with Gasteiger partial charge in [-0.15, -0.1) is 0 Å². The molecule has 6 nitrogen and oxygen atoms in total. The number of nitrogens with zero attached hydrogens (tertiary/aromatic N) is 1. The molecule has 6 heteroatoms. The second-order valence-corrected chi connectivity index (χ2v) is 5.93. The maximum Gasteiger partial charge on any atom is 0.245 e. The molecule has 1 aromatic carbocycles. The molecule has 0 aromatic heterocycles. The van der Waals surface area contributed by atoms with Gasteiger partial charge in [0.15, 0.2) is 5.78 Å². The third-order valence-electron chi connectivity index (χ3n) is 4.65. The number of allylic oxidation sites excluding steroid dienone is 1. The van der Waals surface area contributed by atoms with Crippen LogP contribution < -0.4 is 11.1 Å². The van der Waals surface area contributed by atoms with Crippen molar-refractivity contribution in [3.8, 4) is 6.07 Å². The number of anilines is 1. The van der Waals surface area contributed by atoms with E-state index in [9.17, 15) is 14.9 Å². The molecule has 23 heavy (non-hydrogen) atoms. The number of hydrogen-bond donors (Lipinski definition) is 2. The third-order valence-corrected chi connectivity index (χ3v) is 4.65. The predicted molar refractivity (Wildman–Crippen MR) is 80.7 cm³/mol. The van der Waals surface area contributed by atoms with Gasteiger partial charge >= 0.3 is 0 Å². The number of carbonyl (C=O) groups is 2. The first-order valence-corrected chi connectivity index (χ1v) is 7.27. The van der Waals surface area contributed by atoms with Crippen LogP contribution in [0, 0.1) is 18.3 Å². The summed E-state index contributed by atoms with van der Waals surface area (Å²) in [6.07, 6.45) is 0.649. The van der Waals surface area contributed by atoms with E-state index in [1.54, 1.807) is 6.07 Å². The SMILES string of the molecule is Cc1ccc2c(c1)C1(C(=O)N2)C(C#N)=C(N)OC2=C1C(=O)CC2. The van der Waals surface area contributed by atoms with E-state index in [1.165, 1.54) is 0 Å². The molecule has 1 spiro atoms. The van der Waals surface area contributed by atoms with Crippen LogP contribution in [0.25, 0.3) is 0 Å². The van der Waals surface area contributed by atoms with E-state index in [0.717, 1.165) is 5.56 Å².